The SMILES string of the molecule is CCn1c(NC(=O)CC2(CN)CCCCC2)nc2ccccc21.Cl. The minimum atomic E-state index is -0.0224. The molecule has 1 fully saturated rings. The molecule has 0 spiro atoms. The Bertz CT molecular complexity index is 691. The number of carbonyl (C=O) groups excluding carboxylic acids is 1. The zero-order valence-corrected chi connectivity index (χ0v) is 15.1. The maximum absolute atomic E-state index is 12.6. The van der Waals surface area contributed by atoms with Crippen molar-refractivity contribution in [3.8, 4) is 0 Å². The van der Waals surface area contributed by atoms with Gasteiger partial charge in [0.05, 0.1) is 11.0 Å². The minimum absolute atomic E-state index is 0. The van der Waals surface area contributed by atoms with Gasteiger partial charge in [0.1, 0.15) is 0 Å². The molecule has 132 valence electrons. The van der Waals surface area contributed by atoms with Crippen molar-refractivity contribution >= 4 is 35.3 Å². The Hall–Kier alpha value is -1.59. The third-order valence-electron chi connectivity index (χ3n) is 5.10. The molecular weight excluding hydrogens is 324 g/mol. The molecule has 1 aliphatic rings. The highest BCUT2D eigenvalue weighted by atomic mass is 35.5. The van der Waals surface area contributed by atoms with E-state index in [1.807, 2.05) is 28.8 Å². The number of hydrogen-bond acceptors (Lipinski definition) is 3. The van der Waals surface area contributed by atoms with Gasteiger partial charge in [0.25, 0.3) is 0 Å². The van der Waals surface area contributed by atoms with E-state index < -0.39 is 0 Å². The van der Waals surface area contributed by atoms with E-state index in [-0.39, 0.29) is 23.7 Å². The Morgan fingerprint density at radius 1 is 1.29 bits per heavy atom. The van der Waals surface area contributed by atoms with Gasteiger partial charge in [-0.1, -0.05) is 31.4 Å². The van der Waals surface area contributed by atoms with Gasteiger partial charge in [0.2, 0.25) is 11.9 Å². The highest BCUT2D eigenvalue weighted by Gasteiger charge is 2.33. The van der Waals surface area contributed by atoms with E-state index in [9.17, 15) is 4.79 Å². The fraction of sp³-hybridized carbons (Fsp3) is 0.556. The van der Waals surface area contributed by atoms with Gasteiger partial charge < -0.3 is 10.3 Å². The number of rotatable bonds is 5. The number of anilines is 1. The van der Waals surface area contributed by atoms with E-state index in [1.54, 1.807) is 0 Å². The fourth-order valence-corrected chi connectivity index (χ4v) is 3.76. The summed E-state index contributed by atoms with van der Waals surface area (Å²) in [5, 5.41) is 3.01. The number of carbonyl (C=O) groups is 1. The topological polar surface area (TPSA) is 72.9 Å². The summed E-state index contributed by atoms with van der Waals surface area (Å²) in [7, 11) is 0. The van der Waals surface area contributed by atoms with Gasteiger partial charge in [-0.2, -0.15) is 0 Å². The number of nitrogens with zero attached hydrogens (tertiary/aromatic N) is 2. The van der Waals surface area contributed by atoms with Crippen LogP contribution in [0.1, 0.15) is 45.4 Å². The van der Waals surface area contributed by atoms with Crippen LogP contribution in [0.4, 0.5) is 5.95 Å². The van der Waals surface area contributed by atoms with Crippen LogP contribution < -0.4 is 11.1 Å². The standard InChI is InChI=1S/C18H26N4O.ClH/c1-2-22-15-9-5-4-8-14(15)20-17(22)21-16(23)12-18(13-19)10-6-3-7-11-18;/h4-5,8-9H,2-3,6-7,10-13,19H2,1H3,(H,20,21,23);1H. The van der Waals surface area contributed by atoms with Crippen molar-refractivity contribution in [1.29, 1.82) is 0 Å². The predicted molar refractivity (Wildman–Crippen MR) is 100 cm³/mol. The summed E-state index contributed by atoms with van der Waals surface area (Å²) in [4.78, 5) is 17.1. The Balaban J connectivity index is 0.00000208. The zero-order valence-electron chi connectivity index (χ0n) is 14.3. The Labute approximate surface area is 149 Å². The molecule has 5 nitrogen and oxygen atoms in total. The van der Waals surface area contributed by atoms with E-state index in [0.717, 1.165) is 30.4 Å². The average molecular weight is 351 g/mol. The molecule has 1 amide bonds. The molecule has 0 bridgehead atoms. The molecule has 0 atom stereocenters. The smallest absolute Gasteiger partial charge is 0.227 e. The van der Waals surface area contributed by atoms with Gasteiger partial charge in [0, 0.05) is 13.0 Å². The van der Waals surface area contributed by atoms with Crippen molar-refractivity contribution in [2.45, 2.75) is 52.0 Å². The molecule has 3 rings (SSSR count). The third kappa shape index (κ3) is 3.73. The summed E-state index contributed by atoms with van der Waals surface area (Å²) in [6.07, 6.45) is 6.23. The van der Waals surface area contributed by atoms with Crippen molar-refractivity contribution < 1.29 is 4.79 Å². The molecule has 0 saturated heterocycles. The van der Waals surface area contributed by atoms with E-state index in [1.165, 1.54) is 19.3 Å². The van der Waals surface area contributed by atoms with Crippen molar-refractivity contribution in [3.05, 3.63) is 24.3 Å². The molecule has 6 heteroatoms. The summed E-state index contributed by atoms with van der Waals surface area (Å²) in [6.45, 7) is 3.43. The fourth-order valence-electron chi connectivity index (χ4n) is 3.76. The zero-order chi connectivity index (χ0) is 16.3. The largest absolute Gasteiger partial charge is 0.330 e. The van der Waals surface area contributed by atoms with Gasteiger partial charge >= 0.3 is 0 Å². The van der Waals surface area contributed by atoms with Crippen LogP contribution in [0.5, 0.6) is 0 Å². The molecule has 0 unspecified atom stereocenters. The van der Waals surface area contributed by atoms with E-state index in [2.05, 4.69) is 17.2 Å². The third-order valence-corrected chi connectivity index (χ3v) is 5.10. The molecule has 1 saturated carbocycles. The first-order valence-electron chi connectivity index (χ1n) is 8.63. The maximum atomic E-state index is 12.6. The molecule has 1 aromatic carbocycles. The Kier molecular flexibility index (Phi) is 6.24. The van der Waals surface area contributed by atoms with E-state index in [0.29, 0.717) is 18.9 Å². The first kappa shape index (κ1) is 18.7. The molecule has 1 aliphatic carbocycles. The lowest BCUT2D eigenvalue weighted by Crippen LogP contribution is -2.36. The van der Waals surface area contributed by atoms with Crippen LogP contribution in [0.25, 0.3) is 11.0 Å². The summed E-state index contributed by atoms with van der Waals surface area (Å²) in [5.74, 6) is 0.670. The lowest BCUT2D eigenvalue weighted by Gasteiger charge is -2.35. The lowest BCUT2D eigenvalue weighted by atomic mass is 9.72. The van der Waals surface area contributed by atoms with Crippen LogP contribution in [0.2, 0.25) is 0 Å². The molecule has 3 N–H and O–H groups in total. The van der Waals surface area contributed by atoms with Crippen molar-refractivity contribution in [3.63, 3.8) is 0 Å². The summed E-state index contributed by atoms with van der Waals surface area (Å²) in [5.41, 5.74) is 7.94. The molecule has 24 heavy (non-hydrogen) atoms. The summed E-state index contributed by atoms with van der Waals surface area (Å²) >= 11 is 0. The number of imidazole rings is 1. The number of nitrogens with one attached hydrogen (secondary N) is 1. The number of para-hydroxylation sites is 2. The van der Waals surface area contributed by atoms with Crippen LogP contribution in [0.15, 0.2) is 24.3 Å². The van der Waals surface area contributed by atoms with Gasteiger partial charge in [-0.25, -0.2) is 4.98 Å². The number of halogens is 1. The van der Waals surface area contributed by atoms with Crippen molar-refractivity contribution in [1.82, 2.24) is 9.55 Å². The number of aryl methyl sites for hydroxylation is 1. The van der Waals surface area contributed by atoms with E-state index in [4.69, 9.17) is 5.73 Å². The van der Waals surface area contributed by atoms with Crippen LogP contribution >= 0.6 is 12.4 Å². The highest BCUT2D eigenvalue weighted by Crippen LogP contribution is 2.38. The second kappa shape index (κ2) is 7.99. The van der Waals surface area contributed by atoms with Crippen LogP contribution in [-0.2, 0) is 11.3 Å². The number of amides is 1. The van der Waals surface area contributed by atoms with Crippen molar-refractivity contribution in [2.75, 3.05) is 11.9 Å². The van der Waals surface area contributed by atoms with Gasteiger partial charge in [0.15, 0.2) is 0 Å². The van der Waals surface area contributed by atoms with E-state index >= 15 is 0 Å². The molecule has 1 aromatic heterocycles. The number of aromatic nitrogens is 2. The second-order valence-corrected chi connectivity index (χ2v) is 6.66. The van der Waals surface area contributed by atoms with Crippen LogP contribution in [0.3, 0.4) is 0 Å². The van der Waals surface area contributed by atoms with Crippen LogP contribution in [-0.4, -0.2) is 22.0 Å². The predicted octanol–water partition coefficient (Wildman–Crippen LogP) is 3.72. The number of fused-ring (bicyclic) bond motifs is 1. The molecule has 0 radical (unpaired) electrons. The van der Waals surface area contributed by atoms with Gasteiger partial charge in [-0.15, -0.1) is 12.4 Å². The monoisotopic (exact) mass is 350 g/mol. The Morgan fingerprint density at radius 3 is 2.67 bits per heavy atom. The lowest BCUT2D eigenvalue weighted by molar-refractivity contribution is -0.118. The first-order valence-corrected chi connectivity index (χ1v) is 8.63. The summed E-state index contributed by atoms with van der Waals surface area (Å²) < 4.78 is 2.04. The van der Waals surface area contributed by atoms with Gasteiger partial charge in [-0.3, -0.25) is 10.1 Å². The van der Waals surface area contributed by atoms with Crippen LogP contribution in [0, 0.1) is 5.41 Å². The Morgan fingerprint density at radius 2 is 2.00 bits per heavy atom. The highest BCUT2D eigenvalue weighted by molar-refractivity contribution is 5.92. The quantitative estimate of drug-likeness (QED) is 0.863. The number of nitrogens with two attached hydrogens (primary N) is 1. The molecule has 0 aliphatic heterocycles. The summed E-state index contributed by atoms with van der Waals surface area (Å²) in [6, 6.07) is 7.96. The first-order chi connectivity index (χ1) is 11.2. The maximum Gasteiger partial charge on any atom is 0.227 e. The second-order valence-electron chi connectivity index (χ2n) is 6.66. The number of hydrogen-bond donors (Lipinski definition) is 2. The average Bonchev–Trinajstić information content (AvgIpc) is 2.92. The van der Waals surface area contributed by atoms with Gasteiger partial charge in [-0.05, 0) is 43.9 Å². The minimum Gasteiger partial charge on any atom is -0.330 e. The number of benzene rings is 1. The molecule has 2 aromatic rings. The molecule has 1 heterocycles. The normalized spacial score (nSPS) is 16.6. The van der Waals surface area contributed by atoms with Crippen molar-refractivity contribution in [2.24, 2.45) is 11.1 Å². The molecular formula is C18H27ClN4O.